The molecule has 0 aliphatic carbocycles. The number of anilines is 3. The second-order valence-corrected chi connectivity index (χ2v) is 5.60. The fraction of sp³-hybridized carbons (Fsp3) is 0.467. The van der Waals surface area contributed by atoms with Gasteiger partial charge in [0.15, 0.2) is 0 Å². The summed E-state index contributed by atoms with van der Waals surface area (Å²) >= 11 is 0. The summed E-state index contributed by atoms with van der Waals surface area (Å²) in [6.07, 6.45) is 5.43. The molecule has 1 fully saturated rings. The Morgan fingerprint density at radius 3 is 2.27 bits per heavy atom. The third-order valence-electron chi connectivity index (χ3n) is 3.70. The zero-order valence-corrected chi connectivity index (χ0v) is 13.3. The average molecular weight is 299 g/mol. The second-order valence-electron chi connectivity index (χ2n) is 5.60. The second kappa shape index (κ2) is 6.13. The smallest absolute Gasteiger partial charge is 0.226 e. The highest BCUT2D eigenvalue weighted by molar-refractivity contribution is 5.46. The molecule has 0 aromatic carbocycles. The van der Waals surface area contributed by atoms with Crippen LogP contribution in [0.3, 0.4) is 0 Å². The molecule has 116 valence electrons. The Hall–Kier alpha value is -2.44. The quantitative estimate of drug-likeness (QED) is 0.836. The van der Waals surface area contributed by atoms with Crippen LogP contribution in [0.1, 0.15) is 5.69 Å². The van der Waals surface area contributed by atoms with E-state index in [1.165, 1.54) is 0 Å². The van der Waals surface area contributed by atoms with Crippen molar-refractivity contribution in [1.82, 2.24) is 19.9 Å². The van der Waals surface area contributed by atoms with Crippen LogP contribution in [0.4, 0.5) is 17.6 Å². The zero-order chi connectivity index (χ0) is 15.5. The van der Waals surface area contributed by atoms with Crippen molar-refractivity contribution in [2.24, 2.45) is 0 Å². The maximum absolute atomic E-state index is 4.60. The molecule has 22 heavy (non-hydrogen) atoms. The molecule has 0 saturated carbocycles. The van der Waals surface area contributed by atoms with Crippen molar-refractivity contribution >= 4 is 17.6 Å². The lowest BCUT2D eigenvalue weighted by Gasteiger charge is -2.36. The van der Waals surface area contributed by atoms with Crippen LogP contribution in [-0.4, -0.2) is 60.2 Å². The van der Waals surface area contributed by atoms with Crippen molar-refractivity contribution in [2.75, 3.05) is 55.0 Å². The summed E-state index contributed by atoms with van der Waals surface area (Å²) in [4.78, 5) is 24.1. The lowest BCUT2D eigenvalue weighted by molar-refractivity contribution is 0.639. The lowest BCUT2D eigenvalue weighted by atomic mass is 10.3. The van der Waals surface area contributed by atoms with E-state index in [9.17, 15) is 0 Å². The molecule has 1 saturated heterocycles. The molecular formula is C15H21N7. The van der Waals surface area contributed by atoms with E-state index in [0.29, 0.717) is 0 Å². The maximum atomic E-state index is 4.60. The Labute approximate surface area is 130 Å². The highest BCUT2D eigenvalue weighted by Gasteiger charge is 2.19. The topological polar surface area (TPSA) is 61.3 Å². The van der Waals surface area contributed by atoms with Gasteiger partial charge in [-0.3, -0.25) is 4.98 Å². The van der Waals surface area contributed by atoms with Gasteiger partial charge in [-0.2, -0.15) is 4.98 Å². The van der Waals surface area contributed by atoms with Crippen molar-refractivity contribution in [3.63, 3.8) is 0 Å². The van der Waals surface area contributed by atoms with Gasteiger partial charge in [-0.25, -0.2) is 9.97 Å². The van der Waals surface area contributed by atoms with Crippen molar-refractivity contribution in [3.05, 3.63) is 30.4 Å². The summed E-state index contributed by atoms with van der Waals surface area (Å²) in [6, 6.07) is 1.97. The van der Waals surface area contributed by atoms with Crippen LogP contribution >= 0.6 is 0 Å². The number of aryl methyl sites for hydroxylation is 1. The Morgan fingerprint density at radius 1 is 0.955 bits per heavy atom. The van der Waals surface area contributed by atoms with Crippen LogP contribution in [0.15, 0.2) is 24.7 Å². The van der Waals surface area contributed by atoms with Crippen LogP contribution in [0.5, 0.6) is 0 Å². The van der Waals surface area contributed by atoms with Gasteiger partial charge in [0.25, 0.3) is 0 Å². The van der Waals surface area contributed by atoms with Crippen molar-refractivity contribution in [3.8, 4) is 0 Å². The number of rotatable bonds is 3. The normalized spacial score (nSPS) is 15.0. The van der Waals surface area contributed by atoms with E-state index >= 15 is 0 Å². The summed E-state index contributed by atoms with van der Waals surface area (Å²) in [5, 5.41) is 0. The SMILES string of the molecule is Cc1cncc(N2CCN(c3ccnc(N(C)C)n3)CC2)n1. The summed E-state index contributed by atoms with van der Waals surface area (Å²) in [6.45, 7) is 5.63. The number of hydrogen-bond donors (Lipinski definition) is 0. The maximum Gasteiger partial charge on any atom is 0.226 e. The Balaban J connectivity index is 1.68. The molecule has 1 aliphatic rings. The highest BCUT2D eigenvalue weighted by Crippen LogP contribution is 2.18. The fourth-order valence-electron chi connectivity index (χ4n) is 2.50. The molecule has 0 radical (unpaired) electrons. The molecule has 0 N–H and O–H groups in total. The molecule has 7 nitrogen and oxygen atoms in total. The van der Waals surface area contributed by atoms with Crippen LogP contribution in [0.2, 0.25) is 0 Å². The van der Waals surface area contributed by atoms with Crippen molar-refractivity contribution in [2.45, 2.75) is 6.92 Å². The van der Waals surface area contributed by atoms with Gasteiger partial charge in [0, 0.05) is 52.7 Å². The molecular weight excluding hydrogens is 278 g/mol. The first-order valence-corrected chi connectivity index (χ1v) is 7.42. The molecule has 3 rings (SSSR count). The van der Waals surface area contributed by atoms with E-state index < -0.39 is 0 Å². The molecule has 0 amide bonds. The van der Waals surface area contributed by atoms with Gasteiger partial charge in [-0.05, 0) is 13.0 Å². The third-order valence-corrected chi connectivity index (χ3v) is 3.70. The molecule has 1 aliphatic heterocycles. The molecule has 7 heteroatoms. The minimum absolute atomic E-state index is 0.740. The summed E-state index contributed by atoms with van der Waals surface area (Å²) < 4.78 is 0. The largest absolute Gasteiger partial charge is 0.353 e. The Bertz CT molecular complexity index is 635. The summed E-state index contributed by atoms with van der Waals surface area (Å²) in [5.74, 6) is 2.68. The van der Waals surface area contributed by atoms with Gasteiger partial charge >= 0.3 is 0 Å². The third kappa shape index (κ3) is 3.08. The van der Waals surface area contributed by atoms with Crippen molar-refractivity contribution in [1.29, 1.82) is 0 Å². The van der Waals surface area contributed by atoms with Crippen LogP contribution in [-0.2, 0) is 0 Å². The average Bonchev–Trinajstić information content (AvgIpc) is 2.55. The first-order valence-electron chi connectivity index (χ1n) is 7.42. The minimum Gasteiger partial charge on any atom is -0.353 e. The monoisotopic (exact) mass is 299 g/mol. The van der Waals surface area contributed by atoms with E-state index in [1.54, 1.807) is 6.20 Å². The van der Waals surface area contributed by atoms with E-state index in [-0.39, 0.29) is 0 Å². The van der Waals surface area contributed by atoms with Crippen LogP contribution in [0.25, 0.3) is 0 Å². The molecule has 0 spiro atoms. The van der Waals surface area contributed by atoms with E-state index in [4.69, 9.17) is 0 Å². The van der Waals surface area contributed by atoms with Crippen LogP contribution < -0.4 is 14.7 Å². The number of piperazine rings is 1. The molecule has 2 aromatic rings. The molecule has 0 atom stereocenters. The number of hydrogen-bond acceptors (Lipinski definition) is 7. The highest BCUT2D eigenvalue weighted by atomic mass is 15.3. The van der Waals surface area contributed by atoms with Gasteiger partial charge < -0.3 is 14.7 Å². The first kappa shape index (κ1) is 14.5. The fourth-order valence-corrected chi connectivity index (χ4v) is 2.50. The first-order chi connectivity index (χ1) is 10.6. The van der Waals surface area contributed by atoms with Gasteiger partial charge in [0.05, 0.1) is 11.9 Å². The number of nitrogens with zero attached hydrogens (tertiary/aromatic N) is 7. The van der Waals surface area contributed by atoms with Gasteiger partial charge in [-0.15, -0.1) is 0 Å². The number of aromatic nitrogens is 4. The predicted molar refractivity (Wildman–Crippen MR) is 87.6 cm³/mol. The van der Waals surface area contributed by atoms with E-state index in [0.717, 1.165) is 49.5 Å². The Morgan fingerprint density at radius 2 is 1.64 bits per heavy atom. The standard InChI is InChI=1S/C15H21N7/c1-12-10-16-11-14(18-12)22-8-6-21(7-9-22)13-4-5-17-15(19-13)20(2)3/h4-5,10-11H,6-9H2,1-3H3. The van der Waals surface area contributed by atoms with Gasteiger partial charge in [0.1, 0.15) is 11.6 Å². The summed E-state index contributed by atoms with van der Waals surface area (Å²) in [5.41, 5.74) is 0.950. The zero-order valence-electron chi connectivity index (χ0n) is 13.3. The summed E-state index contributed by atoms with van der Waals surface area (Å²) in [7, 11) is 3.90. The van der Waals surface area contributed by atoms with Crippen molar-refractivity contribution < 1.29 is 0 Å². The molecule has 2 aromatic heterocycles. The van der Waals surface area contributed by atoms with Gasteiger partial charge in [0.2, 0.25) is 5.95 Å². The van der Waals surface area contributed by atoms with Crippen LogP contribution in [0, 0.1) is 6.92 Å². The lowest BCUT2D eigenvalue weighted by Crippen LogP contribution is -2.47. The predicted octanol–water partition coefficient (Wildman–Crippen LogP) is 0.968. The Kier molecular flexibility index (Phi) is 4.04. The molecule has 3 heterocycles. The molecule has 0 unspecified atom stereocenters. The minimum atomic E-state index is 0.740. The molecule has 0 bridgehead atoms. The van der Waals surface area contributed by atoms with Gasteiger partial charge in [-0.1, -0.05) is 0 Å². The van der Waals surface area contributed by atoms with E-state index in [2.05, 4.69) is 29.7 Å². The van der Waals surface area contributed by atoms with E-state index in [1.807, 2.05) is 44.4 Å².